The smallest absolute Gasteiger partial charge is 0.266 e. The van der Waals surface area contributed by atoms with E-state index in [4.69, 9.17) is 5.73 Å². The van der Waals surface area contributed by atoms with Crippen LogP contribution in [0.15, 0.2) is 60.8 Å². The lowest BCUT2D eigenvalue weighted by Crippen LogP contribution is -2.35. The zero-order chi connectivity index (χ0) is 21.3. The summed E-state index contributed by atoms with van der Waals surface area (Å²) >= 11 is 0. The summed E-state index contributed by atoms with van der Waals surface area (Å²) in [5.74, 6) is -0.578. The SMILES string of the molecule is Cl.Cn1cc(C2=CC(=O)N(c3c4n(c5ccccc35)CCC(N)C4)C2=O)c2ccccc21. The van der Waals surface area contributed by atoms with Gasteiger partial charge >= 0.3 is 0 Å². The molecule has 0 saturated heterocycles. The fraction of sp³-hybridized carbons (Fsp3) is 0.200. The first kappa shape index (κ1) is 20.5. The van der Waals surface area contributed by atoms with E-state index in [1.165, 1.54) is 11.0 Å². The van der Waals surface area contributed by atoms with Gasteiger partial charge in [0.15, 0.2) is 0 Å². The minimum absolute atomic E-state index is 0. The van der Waals surface area contributed by atoms with Crippen molar-refractivity contribution >= 4 is 57.3 Å². The van der Waals surface area contributed by atoms with Crippen molar-refractivity contribution in [3.63, 3.8) is 0 Å². The van der Waals surface area contributed by atoms with Gasteiger partial charge < -0.3 is 14.9 Å². The van der Waals surface area contributed by atoms with Crippen LogP contribution in [0.5, 0.6) is 0 Å². The highest BCUT2D eigenvalue weighted by atomic mass is 35.5. The molecule has 0 fully saturated rings. The van der Waals surface area contributed by atoms with Crippen LogP contribution in [0.25, 0.3) is 27.4 Å². The molecule has 6 nitrogen and oxygen atoms in total. The number of nitrogens with zero attached hydrogens (tertiary/aromatic N) is 3. The highest BCUT2D eigenvalue weighted by molar-refractivity contribution is 6.45. The Morgan fingerprint density at radius 1 is 0.969 bits per heavy atom. The quantitative estimate of drug-likeness (QED) is 0.476. The molecule has 0 aliphatic carbocycles. The number of anilines is 1. The Labute approximate surface area is 191 Å². The van der Waals surface area contributed by atoms with Gasteiger partial charge in [0.1, 0.15) is 0 Å². The van der Waals surface area contributed by atoms with Crippen LogP contribution in [0.2, 0.25) is 0 Å². The summed E-state index contributed by atoms with van der Waals surface area (Å²) < 4.78 is 4.20. The Kier molecular flexibility index (Phi) is 4.73. The number of amides is 2. The van der Waals surface area contributed by atoms with E-state index in [2.05, 4.69) is 4.57 Å². The van der Waals surface area contributed by atoms with Crippen molar-refractivity contribution in [1.29, 1.82) is 0 Å². The molecule has 0 radical (unpaired) electrons. The maximum atomic E-state index is 13.7. The van der Waals surface area contributed by atoms with Crippen molar-refractivity contribution in [2.75, 3.05) is 4.90 Å². The fourth-order valence-corrected chi connectivity index (χ4v) is 5.13. The number of aromatic nitrogens is 2. The molecular formula is C25H23ClN4O2. The van der Waals surface area contributed by atoms with Crippen molar-refractivity contribution in [2.24, 2.45) is 12.8 Å². The van der Waals surface area contributed by atoms with Crippen LogP contribution < -0.4 is 10.6 Å². The number of halogens is 1. The van der Waals surface area contributed by atoms with E-state index < -0.39 is 0 Å². The van der Waals surface area contributed by atoms with E-state index in [9.17, 15) is 9.59 Å². The first-order valence-electron chi connectivity index (χ1n) is 10.5. The van der Waals surface area contributed by atoms with Gasteiger partial charge in [-0.25, -0.2) is 4.90 Å². The summed E-state index contributed by atoms with van der Waals surface area (Å²) in [6.45, 7) is 0.789. The van der Waals surface area contributed by atoms with Gasteiger partial charge in [-0.15, -0.1) is 12.4 Å². The third-order valence-electron chi connectivity index (χ3n) is 6.56. The average Bonchev–Trinajstić information content (AvgIpc) is 3.37. The second-order valence-electron chi connectivity index (χ2n) is 8.42. The largest absolute Gasteiger partial charge is 0.350 e. The number of carbonyl (C=O) groups excluding carboxylic acids is 2. The van der Waals surface area contributed by atoms with E-state index in [0.29, 0.717) is 17.7 Å². The monoisotopic (exact) mass is 446 g/mol. The number of hydrogen-bond donors (Lipinski definition) is 1. The number of hydrogen-bond acceptors (Lipinski definition) is 3. The van der Waals surface area contributed by atoms with Crippen LogP contribution in [0, 0.1) is 0 Å². The summed E-state index contributed by atoms with van der Waals surface area (Å²) in [5, 5.41) is 1.88. The van der Waals surface area contributed by atoms with Crippen molar-refractivity contribution in [1.82, 2.24) is 9.13 Å². The lowest BCUT2D eigenvalue weighted by atomic mass is 10.0. The van der Waals surface area contributed by atoms with Crippen LogP contribution in [0.3, 0.4) is 0 Å². The van der Waals surface area contributed by atoms with Gasteiger partial charge in [-0.05, 0) is 18.6 Å². The zero-order valence-electron chi connectivity index (χ0n) is 17.6. The molecular weight excluding hydrogens is 424 g/mol. The molecule has 2 aliphatic heterocycles. The minimum Gasteiger partial charge on any atom is -0.350 e. The van der Waals surface area contributed by atoms with Gasteiger partial charge in [0.25, 0.3) is 11.8 Å². The Morgan fingerprint density at radius 2 is 1.66 bits per heavy atom. The molecule has 2 aliphatic rings. The minimum atomic E-state index is -0.300. The standard InChI is InChI=1S/C25H22N4O2.ClH/c1-27-14-19(16-6-2-4-8-20(16)27)18-13-23(30)29(25(18)31)24-17-7-3-5-9-21(17)28-11-10-15(26)12-22(24)28;/h2-9,13-15H,10-12,26H2,1H3;1H. The third-order valence-corrected chi connectivity index (χ3v) is 6.56. The van der Waals surface area contributed by atoms with Crippen molar-refractivity contribution in [3.05, 3.63) is 72.1 Å². The molecule has 0 bridgehead atoms. The number of para-hydroxylation sites is 2. The molecule has 2 amide bonds. The second-order valence-corrected chi connectivity index (χ2v) is 8.42. The molecule has 2 aromatic carbocycles. The van der Waals surface area contributed by atoms with Crippen LogP contribution in [-0.4, -0.2) is 27.0 Å². The average molecular weight is 447 g/mol. The van der Waals surface area contributed by atoms with Gasteiger partial charge in [-0.2, -0.15) is 0 Å². The van der Waals surface area contributed by atoms with E-state index in [-0.39, 0.29) is 30.3 Å². The maximum Gasteiger partial charge on any atom is 0.266 e. The van der Waals surface area contributed by atoms with Crippen molar-refractivity contribution in [2.45, 2.75) is 25.4 Å². The maximum absolute atomic E-state index is 13.7. The van der Waals surface area contributed by atoms with Gasteiger partial charge in [0.05, 0.1) is 16.8 Å². The van der Waals surface area contributed by atoms with Crippen molar-refractivity contribution in [3.8, 4) is 0 Å². The number of nitrogens with two attached hydrogens (primary N) is 1. The van der Waals surface area contributed by atoms with E-state index in [0.717, 1.165) is 46.0 Å². The Bertz CT molecular complexity index is 1450. The molecule has 0 saturated carbocycles. The Hall–Kier alpha value is -3.35. The second kappa shape index (κ2) is 7.36. The predicted octanol–water partition coefficient (Wildman–Crippen LogP) is 3.79. The summed E-state index contributed by atoms with van der Waals surface area (Å²) in [4.78, 5) is 28.2. The first-order valence-corrected chi connectivity index (χ1v) is 10.5. The van der Waals surface area contributed by atoms with E-state index in [1.807, 2.05) is 66.3 Å². The summed E-state index contributed by atoms with van der Waals surface area (Å²) in [7, 11) is 1.95. The lowest BCUT2D eigenvalue weighted by Gasteiger charge is -2.24. The lowest BCUT2D eigenvalue weighted by molar-refractivity contribution is -0.119. The molecule has 0 spiro atoms. The van der Waals surface area contributed by atoms with Crippen LogP contribution >= 0.6 is 12.4 Å². The van der Waals surface area contributed by atoms with Gasteiger partial charge in [-0.1, -0.05) is 36.4 Å². The van der Waals surface area contributed by atoms with Gasteiger partial charge in [-0.3, -0.25) is 9.59 Å². The first-order chi connectivity index (χ1) is 15.0. The Balaban J connectivity index is 0.00000216. The number of imide groups is 1. The molecule has 162 valence electrons. The number of aryl methyl sites for hydroxylation is 2. The highest BCUT2D eigenvalue weighted by Gasteiger charge is 2.38. The molecule has 1 unspecified atom stereocenters. The molecule has 7 heteroatoms. The number of rotatable bonds is 2. The molecule has 1 atom stereocenters. The zero-order valence-corrected chi connectivity index (χ0v) is 18.4. The predicted molar refractivity (Wildman–Crippen MR) is 129 cm³/mol. The molecule has 4 aromatic rings. The fourth-order valence-electron chi connectivity index (χ4n) is 5.13. The highest BCUT2D eigenvalue weighted by Crippen LogP contribution is 2.41. The van der Waals surface area contributed by atoms with Crippen LogP contribution in [0.1, 0.15) is 17.7 Å². The summed E-state index contributed by atoms with van der Waals surface area (Å²) in [6.07, 6.45) is 4.93. The molecule has 32 heavy (non-hydrogen) atoms. The summed E-state index contributed by atoms with van der Waals surface area (Å²) in [6, 6.07) is 15.9. The molecule has 2 N–H and O–H groups in total. The number of benzene rings is 2. The number of fused-ring (bicyclic) bond motifs is 4. The van der Waals surface area contributed by atoms with Gasteiger partial charge in [0.2, 0.25) is 0 Å². The van der Waals surface area contributed by atoms with E-state index >= 15 is 0 Å². The van der Waals surface area contributed by atoms with Crippen LogP contribution in [0.4, 0.5) is 5.69 Å². The van der Waals surface area contributed by atoms with Gasteiger partial charge in [0, 0.05) is 65.9 Å². The van der Waals surface area contributed by atoms with Crippen LogP contribution in [-0.2, 0) is 29.6 Å². The summed E-state index contributed by atoms with van der Waals surface area (Å²) in [5.41, 5.74) is 11.2. The Morgan fingerprint density at radius 3 is 2.44 bits per heavy atom. The van der Waals surface area contributed by atoms with E-state index in [1.54, 1.807) is 0 Å². The topological polar surface area (TPSA) is 73.3 Å². The molecule has 2 aromatic heterocycles. The number of carbonyl (C=O) groups is 2. The van der Waals surface area contributed by atoms with Crippen molar-refractivity contribution < 1.29 is 9.59 Å². The molecule has 6 rings (SSSR count). The third kappa shape index (κ3) is 2.76. The molecule has 4 heterocycles. The normalized spacial score (nSPS) is 18.2.